The maximum absolute atomic E-state index is 11.5. The lowest BCUT2D eigenvalue weighted by Crippen LogP contribution is -2.18. The third-order valence-corrected chi connectivity index (χ3v) is 2.17. The predicted molar refractivity (Wildman–Crippen MR) is 69.0 cm³/mol. The number of para-hydroxylation sites is 1. The lowest BCUT2D eigenvalue weighted by Gasteiger charge is -2.12. The molecule has 0 saturated heterocycles. The minimum atomic E-state index is -0.401. The van der Waals surface area contributed by atoms with Crippen LogP contribution < -0.4 is 10.6 Å². The molecule has 0 atom stereocenters. The molecular weight excluding hydrogens is 216 g/mol. The van der Waals surface area contributed by atoms with E-state index >= 15 is 0 Å². The van der Waals surface area contributed by atoms with Gasteiger partial charge >= 0.3 is 6.09 Å². The second kappa shape index (κ2) is 6.91. The second-order valence-corrected chi connectivity index (χ2v) is 4.30. The van der Waals surface area contributed by atoms with Crippen LogP contribution in [0.3, 0.4) is 0 Å². The van der Waals surface area contributed by atoms with E-state index in [-0.39, 0.29) is 0 Å². The molecule has 1 rings (SSSR count). The molecule has 17 heavy (non-hydrogen) atoms. The van der Waals surface area contributed by atoms with E-state index in [0.29, 0.717) is 19.1 Å². The molecule has 1 aromatic carbocycles. The fraction of sp³-hybridized carbons (Fsp3) is 0.462. The summed E-state index contributed by atoms with van der Waals surface area (Å²) in [5.41, 5.74) is 1.83. The van der Waals surface area contributed by atoms with Crippen molar-refractivity contribution in [2.24, 2.45) is 5.92 Å². The zero-order valence-corrected chi connectivity index (χ0v) is 10.6. The Bertz CT molecular complexity index is 364. The largest absolute Gasteiger partial charge is 0.449 e. The number of carbonyl (C=O) groups is 1. The normalized spacial score (nSPS) is 10.4. The predicted octanol–water partition coefficient (Wildman–Crippen LogP) is 2.61. The summed E-state index contributed by atoms with van der Waals surface area (Å²) >= 11 is 0. The Morgan fingerprint density at radius 3 is 2.71 bits per heavy atom. The SMILES string of the molecule is CNCc1ccccc1NC(=O)OCC(C)C. The molecule has 0 aliphatic rings. The van der Waals surface area contributed by atoms with Gasteiger partial charge in [-0.1, -0.05) is 32.0 Å². The first-order valence-corrected chi connectivity index (χ1v) is 5.79. The van der Waals surface area contributed by atoms with Gasteiger partial charge in [0.25, 0.3) is 0 Å². The standard InChI is InChI=1S/C13H20N2O2/c1-10(2)9-17-13(16)15-12-7-5-4-6-11(12)8-14-3/h4-7,10,14H,8-9H2,1-3H3,(H,15,16). The van der Waals surface area contributed by atoms with E-state index < -0.39 is 6.09 Å². The third kappa shape index (κ3) is 4.87. The van der Waals surface area contributed by atoms with Gasteiger partial charge in [0.15, 0.2) is 0 Å². The summed E-state index contributed by atoms with van der Waals surface area (Å²) in [6.07, 6.45) is -0.401. The number of anilines is 1. The van der Waals surface area contributed by atoms with Gasteiger partial charge in [0, 0.05) is 12.2 Å². The molecule has 0 spiro atoms. The van der Waals surface area contributed by atoms with E-state index in [4.69, 9.17) is 4.74 Å². The van der Waals surface area contributed by atoms with Crippen LogP contribution in [0, 0.1) is 5.92 Å². The number of benzene rings is 1. The smallest absolute Gasteiger partial charge is 0.411 e. The number of nitrogens with one attached hydrogen (secondary N) is 2. The third-order valence-electron chi connectivity index (χ3n) is 2.17. The van der Waals surface area contributed by atoms with Gasteiger partial charge in [0.1, 0.15) is 0 Å². The second-order valence-electron chi connectivity index (χ2n) is 4.30. The Kier molecular flexibility index (Phi) is 5.49. The summed E-state index contributed by atoms with van der Waals surface area (Å²) in [5, 5.41) is 5.81. The Hall–Kier alpha value is -1.55. The zero-order chi connectivity index (χ0) is 12.7. The first kappa shape index (κ1) is 13.5. The Morgan fingerprint density at radius 2 is 2.06 bits per heavy atom. The molecule has 0 aromatic heterocycles. The Balaban J connectivity index is 2.58. The van der Waals surface area contributed by atoms with Crippen LogP contribution in [0.4, 0.5) is 10.5 Å². The van der Waals surface area contributed by atoms with E-state index in [2.05, 4.69) is 10.6 Å². The summed E-state index contributed by atoms with van der Waals surface area (Å²) < 4.78 is 5.07. The number of rotatable bonds is 5. The topological polar surface area (TPSA) is 50.4 Å². The highest BCUT2D eigenvalue weighted by molar-refractivity contribution is 5.85. The van der Waals surface area contributed by atoms with Crippen LogP contribution in [-0.2, 0) is 11.3 Å². The summed E-state index contributed by atoms with van der Waals surface area (Å²) in [7, 11) is 1.87. The van der Waals surface area contributed by atoms with Crippen LogP contribution in [0.1, 0.15) is 19.4 Å². The molecule has 2 N–H and O–H groups in total. The number of hydrogen-bond donors (Lipinski definition) is 2. The average Bonchev–Trinajstić information content (AvgIpc) is 2.29. The molecule has 94 valence electrons. The van der Waals surface area contributed by atoms with E-state index in [1.807, 2.05) is 45.2 Å². The Labute approximate surface area is 102 Å². The van der Waals surface area contributed by atoms with Crippen molar-refractivity contribution >= 4 is 11.8 Å². The highest BCUT2D eigenvalue weighted by Crippen LogP contribution is 2.14. The van der Waals surface area contributed by atoms with Gasteiger partial charge in [-0.2, -0.15) is 0 Å². The molecular formula is C13H20N2O2. The monoisotopic (exact) mass is 236 g/mol. The van der Waals surface area contributed by atoms with Crippen LogP contribution in [0.5, 0.6) is 0 Å². The van der Waals surface area contributed by atoms with E-state index in [9.17, 15) is 4.79 Å². The van der Waals surface area contributed by atoms with Gasteiger partial charge in [-0.15, -0.1) is 0 Å². The molecule has 0 radical (unpaired) electrons. The molecule has 0 bridgehead atoms. The van der Waals surface area contributed by atoms with Crippen molar-refractivity contribution < 1.29 is 9.53 Å². The van der Waals surface area contributed by atoms with E-state index in [1.165, 1.54) is 0 Å². The van der Waals surface area contributed by atoms with Crippen LogP contribution in [0.2, 0.25) is 0 Å². The minimum absolute atomic E-state index is 0.341. The molecule has 0 fully saturated rings. The zero-order valence-electron chi connectivity index (χ0n) is 10.6. The van der Waals surface area contributed by atoms with E-state index in [1.54, 1.807) is 0 Å². The maximum Gasteiger partial charge on any atom is 0.411 e. The lowest BCUT2D eigenvalue weighted by atomic mass is 10.2. The summed E-state index contributed by atoms with van der Waals surface area (Å²) in [6, 6.07) is 7.66. The average molecular weight is 236 g/mol. The quantitative estimate of drug-likeness (QED) is 0.826. The molecule has 4 nitrogen and oxygen atoms in total. The van der Waals surface area contributed by atoms with Crippen LogP contribution in [0.25, 0.3) is 0 Å². The summed E-state index contributed by atoms with van der Waals surface area (Å²) in [5.74, 6) is 0.341. The summed E-state index contributed by atoms with van der Waals surface area (Å²) in [6.45, 7) is 5.14. The Morgan fingerprint density at radius 1 is 1.35 bits per heavy atom. The van der Waals surface area contributed by atoms with E-state index in [0.717, 1.165) is 11.3 Å². The van der Waals surface area contributed by atoms with Crippen molar-refractivity contribution in [3.8, 4) is 0 Å². The van der Waals surface area contributed by atoms with Gasteiger partial charge in [0.05, 0.1) is 6.61 Å². The van der Waals surface area contributed by atoms with Crippen molar-refractivity contribution in [2.75, 3.05) is 19.0 Å². The number of ether oxygens (including phenoxy) is 1. The van der Waals surface area contributed by atoms with Crippen molar-refractivity contribution in [1.82, 2.24) is 5.32 Å². The molecule has 0 aliphatic heterocycles. The van der Waals surface area contributed by atoms with Gasteiger partial charge in [-0.3, -0.25) is 5.32 Å². The van der Waals surface area contributed by atoms with Crippen molar-refractivity contribution in [3.63, 3.8) is 0 Å². The fourth-order valence-corrected chi connectivity index (χ4v) is 1.38. The van der Waals surface area contributed by atoms with Gasteiger partial charge < -0.3 is 10.1 Å². The van der Waals surface area contributed by atoms with Crippen LogP contribution in [-0.4, -0.2) is 19.7 Å². The first-order chi connectivity index (χ1) is 8.13. The fourth-order valence-electron chi connectivity index (χ4n) is 1.38. The highest BCUT2D eigenvalue weighted by atomic mass is 16.5. The summed E-state index contributed by atoms with van der Waals surface area (Å²) in [4.78, 5) is 11.5. The van der Waals surface area contributed by atoms with Gasteiger partial charge in [0.2, 0.25) is 0 Å². The molecule has 0 aliphatic carbocycles. The van der Waals surface area contributed by atoms with Crippen molar-refractivity contribution in [3.05, 3.63) is 29.8 Å². The van der Waals surface area contributed by atoms with Crippen LogP contribution in [0.15, 0.2) is 24.3 Å². The molecule has 4 heteroatoms. The number of amides is 1. The molecule has 0 unspecified atom stereocenters. The number of carbonyl (C=O) groups excluding carboxylic acids is 1. The first-order valence-electron chi connectivity index (χ1n) is 5.79. The van der Waals surface area contributed by atoms with Crippen LogP contribution >= 0.6 is 0 Å². The maximum atomic E-state index is 11.5. The van der Waals surface area contributed by atoms with Gasteiger partial charge in [-0.05, 0) is 24.6 Å². The molecule has 1 amide bonds. The van der Waals surface area contributed by atoms with Crippen molar-refractivity contribution in [1.29, 1.82) is 0 Å². The molecule has 0 heterocycles. The number of hydrogen-bond acceptors (Lipinski definition) is 3. The highest BCUT2D eigenvalue weighted by Gasteiger charge is 2.07. The molecule has 0 saturated carbocycles. The van der Waals surface area contributed by atoms with Gasteiger partial charge in [-0.25, -0.2) is 4.79 Å². The van der Waals surface area contributed by atoms with Crippen molar-refractivity contribution in [2.45, 2.75) is 20.4 Å². The minimum Gasteiger partial charge on any atom is -0.449 e. The lowest BCUT2D eigenvalue weighted by molar-refractivity contribution is 0.147. The molecule has 1 aromatic rings.